The van der Waals surface area contributed by atoms with Crippen LogP contribution in [0.2, 0.25) is 5.02 Å². The van der Waals surface area contributed by atoms with Crippen LogP contribution in [0.3, 0.4) is 0 Å². The van der Waals surface area contributed by atoms with Gasteiger partial charge in [0.2, 0.25) is 0 Å². The van der Waals surface area contributed by atoms with Crippen LogP contribution in [-0.2, 0) is 11.8 Å². The molecule has 3 rings (SSSR count). The normalized spacial score (nSPS) is 11.2. The highest BCUT2D eigenvalue weighted by Gasteiger charge is 2.12. The van der Waals surface area contributed by atoms with E-state index < -0.39 is 0 Å². The number of ether oxygens (including phenoxy) is 2. The van der Waals surface area contributed by atoms with Crippen molar-refractivity contribution in [2.75, 3.05) is 19.5 Å². The van der Waals surface area contributed by atoms with E-state index in [2.05, 4.69) is 15.5 Å². The number of halogens is 1. The van der Waals surface area contributed by atoms with E-state index in [1.165, 1.54) is 25.1 Å². The molecule has 0 spiro atoms. The molecule has 0 saturated heterocycles. The summed E-state index contributed by atoms with van der Waals surface area (Å²) in [7, 11) is 3.46. The molecular formula is C20H21ClN4O3S. The van der Waals surface area contributed by atoms with Crippen LogP contribution in [0.1, 0.15) is 12.5 Å². The molecule has 29 heavy (non-hydrogen) atoms. The topological polar surface area (TPSA) is 77.7 Å². The van der Waals surface area contributed by atoms with Crippen LogP contribution < -0.4 is 14.9 Å². The quantitative estimate of drug-likeness (QED) is 0.332. The second kappa shape index (κ2) is 9.67. The number of nitrogens with zero attached hydrogens (tertiary/aromatic N) is 3. The number of imidazole rings is 1. The lowest BCUT2D eigenvalue weighted by atomic mass is 10.2. The van der Waals surface area contributed by atoms with Crippen molar-refractivity contribution >= 4 is 46.5 Å². The molecule has 7 nitrogen and oxygen atoms in total. The van der Waals surface area contributed by atoms with Crippen LogP contribution >= 0.6 is 23.4 Å². The number of carbonyl (C=O) groups is 1. The lowest BCUT2D eigenvalue weighted by Gasteiger charge is -2.11. The third-order valence-electron chi connectivity index (χ3n) is 4.02. The molecule has 0 aliphatic carbocycles. The molecule has 1 heterocycles. The summed E-state index contributed by atoms with van der Waals surface area (Å²) in [6.45, 7) is 2.34. The predicted octanol–water partition coefficient (Wildman–Crippen LogP) is 3.88. The maximum Gasteiger partial charge on any atom is 0.250 e. The average Bonchev–Trinajstić information content (AvgIpc) is 3.04. The average molecular weight is 433 g/mol. The van der Waals surface area contributed by atoms with Crippen molar-refractivity contribution in [3.05, 3.63) is 47.0 Å². The first-order valence-corrected chi connectivity index (χ1v) is 10.3. The zero-order chi connectivity index (χ0) is 20.8. The number of benzene rings is 2. The molecule has 0 bridgehead atoms. The van der Waals surface area contributed by atoms with Gasteiger partial charge in [-0.15, -0.1) is 0 Å². The third-order valence-corrected chi connectivity index (χ3v) is 5.33. The van der Waals surface area contributed by atoms with Gasteiger partial charge >= 0.3 is 0 Å². The number of aromatic nitrogens is 2. The van der Waals surface area contributed by atoms with Crippen LogP contribution in [0, 0.1) is 0 Å². The second-order valence-electron chi connectivity index (χ2n) is 5.99. The van der Waals surface area contributed by atoms with Crippen LogP contribution in [0.15, 0.2) is 46.7 Å². The number of fused-ring (bicyclic) bond motifs is 1. The number of hydrogen-bond acceptors (Lipinski definition) is 6. The Morgan fingerprint density at radius 1 is 1.38 bits per heavy atom. The Labute approximate surface area is 178 Å². The Morgan fingerprint density at radius 2 is 2.17 bits per heavy atom. The molecule has 0 unspecified atom stereocenters. The maximum atomic E-state index is 12.1. The summed E-state index contributed by atoms with van der Waals surface area (Å²) < 4.78 is 12.7. The van der Waals surface area contributed by atoms with E-state index in [4.69, 9.17) is 21.1 Å². The van der Waals surface area contributed by atoms with Crippen LogP contribution in [0.4, 0.5) is 0 Å². The summed E-state index contributed by atoms with van der Waals surface area (Å²) >= 11 is 7.58. The second-order valence-corrected chi connectivity index (χ2v) is 7.34. The van der Waals surface area contributed by atoms with Crippen LogP contribution in [-0.4, -0.2) is 41.1 Å². The smallest absolute Gasteiger partial charge is 0.250 e. The zero-order valence-corrected chi connectivity index (χ0v) is 17.9. The molecule has 0 radical (unpaired) electrons. The zero-order valence-electron chi connectivity index (χ0n) is 16.3. The standard InChI is InChI=1S/C20H21ClN4O3S/c1-4-28-19-14(21)9-13(10-17(19)27-3)11-22-24-18(26)12-29-20-23-15-7-5-6-8-16(15)25(20)2/h5-11H,4,12H2,1-3H3,(H,24,26)/b22-11-. The van der Waals surface area contributed by atoms with E-state index in [0.29, 0.717) is 28.7 Å². The fraction of sp³-hybridized carbons (Fsp3) is 0.250. The molecule has 0 aliphatic rings. The largest absolute Gasteiger partial charge is 0.493 e. The highest BCUT2D eigenvalue weighted by Crippen LogP contribution is 2.36. The number of amides is 1. The lowest BCUT2D eigenvalue weighted by Crippen LogP contribution is -2.19. The van der Waals surface area contributed by atoms with Gasteiger partial charge in [0.15, 0.2) is 16.7 Å². The number of methoxy groups -OCH3 is 1. The van der Waals surface area contributed by atoms with E-state index in [-0.39, 0.29) is 11.7 Å². The molecule has 0 atom stereocenters. The van der Waals surface area contributed by atoms with Gasteiger partial charge in [-0.2, -0.15) is 5.10 Å². The molecule has 0 saturated carbocycles. The highest BCUT2D eigenvalue weighted by atomic mass is 35.5. The summed E-state index contributed by atoms with van der Waals surface area (Å²) in [4.78, 5) is 16.6. The summed E-state index contributed by atoms with van der Waals surface area (Å²) in [6, 6.07) is 11.3. The van der Waals surface area contributed by atoms with Crippen LogP contribution in [0.5, 0.6) is 11.5 Å². The Balaban J connectivity index is 1.59. The van der Waals surface area contributed by atoms with Crippen molar-refractivity contribution in [1.29, 1.82) is 0 Å². The lowest BCUT2D eigenvalue weighted by molar-refractivity contribution is -0.118. The minimum absolute atomic E-state index is 0.196. The summed E-state index contributed by atoms with van der Waals surface area (Å²) in [6.07, 6.45) is 1.50. The van der Waals surface area contributed by atoms with Gasteiger partial charge in [-0.25, -0.2) is 10.4 Å². The summed E-state index contributed by atoms with van der Waals surface area (Å²) in [5.41, 5.74) is 5.11. The molecule has 0 fully saturated rings. The first kappa shape index (κ1) is 21.0. The van der Waals surface area contributed by atoms with Gasteiger partial charge in [0, 0.05) is 7.05 Å². The van der Waals surface area contributed by atoms with Gasteiger partial charge in [0.1, 0.15) is 0 Å². The van der Waals surface area contributed by atoms with E-state index in [1.807, 2.05) is 42.8 Å². The fourth-order valence-corrected chi connectivity index (χ4v) is 3.75. The van der Waals surface area contributed by atoms with Crippen LogP contribution in [0.25, 0.3) is 11.0 Å². The van der Waals surface area contributed by atoms with E-state index in [1.54, 1.807) is 12.1 Å². The first-order valence-electron chi connectivity index (χ1n) is 8.90. The predicted molar refractivity (Wildman–Crippen MR) is 116 cm³/mol. The molecule has 3 aromatic rings. The van der Waals surface area contributed by atoms with Gasteiger partial charge < -0.3 is 14.0 Å². The van der Waals surface area contributed by atoms with Crippen molar-refractivity contribution in [2.24, 2.45) is 12.1 Å². The number of hydrazone groups is 1. The van der Waals surface area contributed by atoms with Crippen molar-refractivity contribution in [3.63, 3.8) is 0 Å². The van der Waals surface area contributed by atoms with Gasteiger partial charge in [0.25, 0.3) is 5.91 Å². The number of aryl methyl sites for hydroxylation is 1. The van der Waals surface area contributed by atoms with E-state index >= 15 is 0 Å². The van der Waals surface area contributed by atoms with Crippen molar-refractivity contribution in [3.8, 4) is 11.5 Å². The maximum absolute atomic E-state index is 12.1. The van der Waals surface area contributed by atoms with E-state index in [0.717, 1.165) is 16.2 Å². The van der Waals surface area contributed by atoms with Crippen molar-refractivity contribution in [1.82, 2.24) is 15.0 Å². The molecule has 1 amide bonds. The van der Waals surface area contributed by atoms with Gasteiger partial charge in [-0.3, -0.25) is 4.79 Å². The Kier molecular flexibility index (Phi) is 7.00. The molecule has 0 aliphatic heterocycles. The fourth-order valence-electron chi connectivity index (χ4n) is 2.69. The van der Waals surface area contributed by atoms with Crippen molar-refractivity contribution in [2.45, 2.75) is 12.1 Å². The Hall–Kier alpha value is -2.71. The molecule has 152 valence electrons. The number of carbonyl (C=O) groups excluding carboxylic acids is 1. The SMILES string of the molecule is CCOc1c(Cl)cc(/C=N\NC(=O)CSc2nc3ccccc3n2C)cc1OC. The molecule has 1 aromatic heterocycles. The first-order chi connectivity index (χ1) is 14.0. The van der Waals surface area contributed by atoms with Crippen molar-refractivity contribution < 1.29 is 14.3 Å². The number of hydrogen-bond donors (Lipinski definition) is 1. The minimum Gasteiger partial charge on any atom is -0.493 e. The minimum atomic E-state index is -0.234. The monoisotopic (exact) mass is 432 g/mol. The number of para-hydroxylation sites is 2. The van der Waals surface area contributed by atoms with E-state index in [9.17, 15) is 4.79 Å². The number of rotatable bonds is 8. The van der Waals surface area contributed by atoms with Gasteiger partial charge in [0.05, 0.1) is 41.7 Å². The highest BCUT2D eigenvalue weighted by molar-refractivity contribution is 7.99. The Morgan fingerprint density at radius 3 is 2.90 bits per heavy atom. The number of thioether (sulfide) groups is 1. The summed E-state index contributed by atoms with van der Waals surface area (Å²) in [5, 5.41) is 5.18. The molecular weight excluding hydrogens is 412 g/mol. The molecule has 2 aromatic carbocycles. The van der Waals surface area contributed by atoms with Gasteiger partial charge in [-0.05, 0) is 36.8 Å². The molecule has 1 N–H and O–H groups in total. The third kappa shape index (κ3) is 5.02. The Bertz CT molecular complexity index is 1050. The van der Waals surface area contributed by atoms with Gasteiger partial charge in [-0.1, -0.05) is 35.5 Å². The molecule has 9 heteroatoms. The number of nitrogens with one attached hydrogen (secondary N) is 1. The summed E-state index contributed by atoms with van der Waals surface area (Å²) in [5.74, 6) is 0.950.